The van der Waals surface area contributed by atoms with E-state index in [4.69, 9.17) is 9.47 Å². The van der Waals surface area contributed by atoms with Gasteiger partial charge in [-0.15, -0.1) is 0 Å². The van der Waals surface area contributed by atoms with E-state index in [9.17, 15) is 4.79 Å². The largest absolute Gasteiger partial charge is 0.347 e. The average Bonchev–Trinajstić information content (AvgIpc) is 3.02. The molecule has 2 aliphatic heterocycles. The second kappa shape index (κ2) is 7.43. The molecule has 1 aromatic carbocycles. The molecule has 2 aliphatic rings. The molecule has 5 heteroatoms. The van der Waals surface area contributed by atoms with Gasteiger partial charge in [0.25, 0.3) is 0 Å². The minimum Gasteiger partial charge on any atom is -0.347 e. The fourth-order valence-corrected chi connectivity index (χ4v) is 3.27. The average molecular weight is 318 g/mol. The molecule has 2 heterocycles. The third kappa shape index (κ3) is 4.10. The standard InChI is InChI=1S/C18H26N2O3/c1-15-4-2-3-5-16(15)14-19-9-6-17(21)20-10-7-18(8-11-20)22-12-13-23-18/h2-5,19H,6-14H2,1H3. The van der Waals surface area contributed by atoms with Gasteiger partial charge in [-0.2, -0.15) is 0 Å². The van der Waals surface area contributed by atoms with Crippen LogP contribution in [0.2, 0.25) is 0 Å². The monoisotopic (exact) mass is 318 g/mol. The van der Waals surface area contributed by atoms with Crippen LogP contribution in [0.15, 0.2) is 24.3 Å². The number of carbonyl (C=O) groups is 1. The van der Waals surface area contributed by atoms with Crippen LogP contribution in [0.25, 0.3) is 0 Å². The van der Waals surface area contributed by atoms with Crippen LogP contribution >= 0.6 is 0 Å². The van der Waals surface area contributed by atoms with Crippen LogP contribution in [0.1, 0.15) is 30.4 Å². The maximum atomic E-state index is 12.3. The number of likely N-dealkylation sites (tertiary alicyclic amines) is 1. The van der Waals surface area contributed by atoms with Crippen LogP contribution in [-0.4, -0.2) is 49.4 Å². The first-order valence-corrected chi connectivity index (χ1v) is 8.49. The van der Waals surface area contributed by atoms with E-state index in [0.29, 0.717) is 26.2 Å². The summed E-state index contributed by atoms with van der Waals surface area (Å²) in [6, 6.07) is 8.32. The second-order valence-electron chi connectivity index (χ2n) is 6.34. The number of rotatable bonds is 5. The smallest absolute Gasteiger partial charge is 0.223 e. The SMILES string of the molecule is Cc1ccccc1CNCCC(=O)N1CCC2(CC1)OCCO2. The van der Waals surface area contributed by atoms with Crippen LogP contribution in [0.4, 0.5) is 0 Å². The van der Waals surface area contributed by atoms with Gasteiger partial charge in [-0.3, -0.25) is 4.79 Å². The molecule has 0 atom stereocenters. The van der Waals surface area contributed by atoms with Crippen LogP contribution in [-0.2, 0) is 20.8 Å². The van der Waals surface area contributed by atoms with Gasteiger partial charge in [-0.05, 0) is 18.1 Å². The number of nitrogens with zero attached hydrogens (tertiary/aromatic N) is 1. The quantitative estimate of drug-likeness (QED) is 0.842. The van der Waals surface area contributed by atoms with Gasteiger partial charge in [-0.1, -0.05) is 24.3 Å². The van der Waals surface area contributed by atoms with Crippen molar-refractivity contribution in [3.63, 3.8) is 0 Å². The van der Waals surface area contributed by atoms with Crippen LogP contribution in [0.3, 0.4) is 0 Å². The predicted octanol–water partition coefficient (Wildman–Crippen LogP) is 1.84. The molecule has 1 N–H and O–H groups in total. The Morgan fingerprint density at radius 2 is 1.91 bits per heavy atom. The highest BCUT2D eigenvalue weighted by Crippen LogP contribution is 2.31. The number of amides is 1. The number of carbonyl (C=O) groups excluding carboxylic acids is 1. The fourth-order valence-electron chi connectivity index (χ4n) is 3.27. The Kier molecular flexibility index (Phi) is 5.30. The summed E-state index contributed by atoms with van der Waals surface area (Å²) < 4.78 is 11.4. The molecule has 0 saturated carbocycles. The molecule has 1 amide bonds. The second-order valence-corrected chi connectivity index (χ2v) is 6.34. The van der Waals surface area contributed by atoms with Crippen molar-refractivity contribution in [2.75, 3.05) is 32.8 Å². The first-order chi connectivity index (χ1) is 11.2. The van der Waals surface area contributed by atoms with E-state index < -0.39 is 5.79 Å². The van der Waals surface area contributed by atoms with Gasteiger partial charge in [-0.25, -0.2) is 0 Å². The van der Waals surface area contributed by atoms with E-state index in [1.54, 1.807) is 0 Å². The lowest BCUT2D eigenvalue weighted by molar-refractivity contribution is -0.187. The van der Waals surface area contributed by atoms with Crippen molar-refractivity contribution in [2.45, 2.75) is 38.5 Å². The van der Waals surface area contributed by atoms with Crippen molar-refractivity contribution >= 4 is 5.91 Å². The van der Waals surface area contributed by atoms with Crippen LogP contribution in [0, 0.1) is 6.92 Å². The van der Waals surface area contributed by atoms with E-state index in [-0.39, 0.29) is 5.91 Å². The Labute approximate surface area is 137 Å². The van der Waals surface area contributed by atoms with Crippen molar-refractivity contribution in [3.05, 3.63) is 35.4 Å². The highest BCUT2D eigenvalue weighted by molar-refractivity contribution is 5.76. The summed E-state index contributed by atoms with van der Waals surface area (Å²) in [7, 11) is 0. The number of aryl methyl sites for hydroxylation is 1. The van der Waals surface area contributed by atoms with E-state index >= 15 is 0 Å². The van der Waals surface area contributed by atoms with Crippen molar-refractivity contribution < 1.29 is 14.3 Å². The number of hydrogen-bond acceptors (Lipinski definition) is 4. The highest BCUT2D eigenvalue weighted by Gasteiger charge is 2.40. The number of nitrogens with one attached hydrogen (secondary N) is 1. The summed E-state index contributed by atoms with van der Waals surface area (Å²) in [6.07, 6.45) is 2.12. The third-order valence-electron chi connectivity index (χ3n) is 4.78. The lowest BCUT2D eigenvalue weighted by atomic mass is 10.0. The zero-order valence-electron chi connectivity index (χ0n) is 13.8. The number of hydrogen-bond donors (Lipinski definition) is 1. The maximum absolute atomic E-state index is 12.3. The Morgan fingerprint density at radius 3 is 2.61 bits per heavy atom. The Balaban J connectivity index is 1.36. The van der Waals surface area contributed by atoms with Crippen LogP contribution < -0.4 is 5.32 Å². The summed E-state index contributed by atoms with van der Waals surface area (Å²) in [5.74, 6) is -0.185. The molecule has 0 aromatic heterocycles. The molecule has 0 unspecified atom stereocenters. The number of benzene rings is 1. The summed E-state index contributed by atoms with van der Waals surface area (Å²) in [6.45, 7) is 6.45. The van der Waals surface area contributed by atoms with E-state index in [2.05, 4.69) is 24.4 Å². The molecule has 0 bridgehead atoms. The fraction of sp³-hybridized carbons (Fsp3) is 0.611. The molecule has 5 nitrogen and oxygen atoms in total. The van der Waals surface area contributed by atoms with Gasteiger partial charge in [0.2, 0.25) is 5.91 Å². The molecular weight excluding hydrogens is 292 g/mol. The first-order valence-electron chi connectivity index (χ1n) is 8.49. The minimum absolute atomic E-state index is 0.218. The van der Waals surface area contributed by atoms with Crippen molar-refractivity contribution in [1.82, 2.24) is 10.2 Å². The summed E-state index contributed by atoms with van der Waals surface area (Å²) in [5.41, 5.74) is 2.57. The lowest BCUT2D eigenvalue weighted by Gasteiger charge is -2.37. The minimum atomic E-state index is -0.403. The van der Waals surface area contributed by atoms with Crippen molar-refractivity contribution in [1.29, 1.82) is 0 Å². The Bertz CT molecular complexity index is 531. The zero-order chi connectivity index (χ0) is 16.1. The van der Waals surface area contributed by atoms with Crippen molar-refractivity contribution in [2.24, 2.45) is 0 Å². The van der Waals surface area contributed by atoms with E-state index in [0.717, 1.165) is 32.5 Å². The van der Waals surface area contributed by atoms with Gasteiger partial charge in [0.15, 0.2) is 5.79 Å². The molecule has 23 heavy (non-hydrogen) atoms. The summed E-state index contributed by atoms with van der Waals surface area (Å²) in [4.78, 5) is 14.2. The molecular formula is C18H26N2O3. The molecule has 0 radical (unpaired) electrons. The summed E-state index contributed by atoms with van der Waals surface area (Å²) in [5, 5.41) is 3.36. The summed E-state index contributed by atoms with van der Waals surface area (Å²) >= 11 is 0. The first kappa shape index (κ1) is 16.4. The Hall–Kier alpha value is -1.43. The maximum Gasteiger partial charge on any atom is 0.223 e. The third-order valence-corrected chi connectivity index (χ3v) is 4.78. The van der Waals surface area contributed by atoms with Gasteiger partial charge >= 0.3 is 0 Å². The Morgan fingerprint density at radius 1 is 1.22 bits per heavy atom. The van der Waals surface area contributed by atoms with Crippen molar-refractivity contribution in [3.8, 4) is 0 Å². The molecule has 3 rings (SSSR count). The van der Waals surface area contributed by atoms with E-state index in [1.165, 1.54) is 11.1 Å². The molecule has 0 aliphatic carbocycles. The van der Waals surface area contributed by atoms with Gasteiger partial charge in [0, 0.05) is 45.4 Å². The molecule has 2 saturated heterocycles. The number of piperidine rings is 1. The highest BCUT2D eigenvalue weighted by atomic mass is 16.7. The molecule has 1 spiro atoms. The number of ether oxygens (including phenoxy) is 2. The van der Waals surface area contributed by atoms with Gasteiger partial charge in [0.05, 0.1) is 13.2 Å². The normalized spacial score (nSPS) is 20.1. The topological polar surface area (TPSA) is 50.8 Å². The van der Waals surface area contributed by atoms with E-state index in [1.807, 2.05) is 17.0 Å². The van der Waals surface area contributed by atoms with Crippen LogP contribution in [0.5, 0.6) is 0 Å². The predicted molar refractivity (Wildman–Crippen MR) is 88.0 cm³/mol. The zero-order valence-corrected chi connectivity index (χ0v) is 13.8. The van der Waals surface area contributed by atoms with Gasteiger partial charge < -0.3 is 19.7 Å². The molecule has 126 valence electrons. The molecule has 1 aromatic rings. The van der Waals surface area contributed by atoms with Gasteiger partial charge in [0.1, 0.15) is 0 Å². The molecule has 2 fully saturated rings. The lowest BCUT2D eigenvalue weighted by Crippen LogP contribution is -2.47.